The molecule has 1 saturated heterocycles. The minimum absolute atomic E-state index is 0.268. The van der Waals surface area contributed by atoms with Gasteiger partial charge in [0.2, 0.25) is 0 Å². The molecule has 2 heterocycles. The predicted octanol–water partition coefficient (Wildman–Crippen LogP) is 1.98. The highest BCUT2D eigenvalue weighted by atomic mass is 32.1. The minimum Gasteiger partial charge on any atom is -0.346 e. The van der Waals surface area contributed by atoms with Gasteiger partial charge >= 0.3 is 0 Å². The molecule has 3 rings (SSSR count). The summed E-state index contributed by atoms with van der Waals surface area (Å²) < 4.78 is 27.1. The van der Waals surface area contributed by atoms with E-state index in [-0.39, 0.29) is 5.52 Å². The molecule has 1 fully saturated rings. The molecule has 1 aromatic heterocycles. The lowest BCUT2D eigenvalue weighted by Gasteiger charge is -2.26. The second kappa shape index (κ2) is 4.19. The van der Waals surface area contributed by atoms with Gasteiger partial charge in [0.25, 0.3) is 0 Å². The molecule has 1 aromatic carbocycles. The first-order chi connectivity index (χ1) is 8.24. The third-order valence-electron chi connectivity index (χ3n) is 2.79. The Morgan fingerprint density at radius 1 is 1.24 bits per heavy atom. The number of thiazole rings is 1. The Balaban J connectivity index is 2.03. The van der Waals surface area contributed by atoms with Gasteiger partial charge in [-0.05, 0) is 6.07 Å². The maximum atomic E-state index is 13.5. The van der Waals surface area contributed by atoms with Gasteiger partial charge in [0, 0.05) is 32.2 Å². The number of nitrogens with one attached hydrogen (secondary N) is 1. The van der Waals surface area contributed by atoms with Crippen LogP contribution in [0.1, 0.15) is 0 Å². The number of fused-ring (bicyclic) bond motifs is 1. The molecule has 17 heavy (non-hydrogen) atoms. The zero-order valence-electron chi connectivity index (χ0n) is 9.04. The first-order valence-electron chi connectivity index (χ1n) is 5.45. The first kappa shape index (κ1) is 10.9. The van der Waals surface area contributed by atoms with Crippen LogP contribution in [0.15, 0.2) is 12.1 Å². The molecule has 6 heteroatoms. The average molecular weight is 255 g/mol. The maximum absolute atomic E-state index is 13.5. The minimum atomic E-state index is -0.586. The molecule has 0 unspecified atom stereocenters. The molecule has 1 aliphatic heterocycles. The van der Waals surface area contributed by atoms with Crippen molar-refractivity contribution in [2.24, 2.45) is 0 Å². The second-order valence-electron chi connectivity index (χ2n) is 3.97. The largest absolute Gasteiger partial charge is 0.346 e. The van der Waals surface area contributed by atoms with E-state index in [4.69, 9.17) is 0 Å². The maximum Gasteiger partial charge on any atom is 0.186 e. The lowest BCUT2D eigenvalue weighted by atomic mass is 10.3. The van der Waals surface area contributed by atoms with Gasteiger partial charge in [-0.25, -0.2) is 13.8 Å². The van der Waals surface area contributed by atoms with Crippen LogP contribution in [0.5, 0.6) is 0 Å². The number of halogens is 2. The Morgan fingerprint density at radius 3 is 2.76 bits per heavy atom. The normalized spacial score (nSPS) is 16.7. The summed E-state index contributed by atoms with van der Waals surface area (Å²) in [5.41, 5.74) is 0.268. The van der Waals surface area contributed by atoms with Crippen LogP contribution in [0.4, 0.5) is 13.9 Å². The van der Waals surface area contributed by atoms with Crippen molar-refractivity contribution in [2.45, 2.75) is 0 Å². The Hall–Kier alpha value is -1.27. The summed E-state index contributed by atoms with van der Waals surface area (Å²) in [4.78, 5) is 6.35. The van der Waals surface area contributed by atoms with Gasteiger partial charge in [-0.1, -0.05) is 11.3 Å². The number of benzene rings is 1. The van der Waals surface area contributed by atoms with Gasteiger partial charge in [-0.15, -0.1) is 0 Å². The Bertz CT molecular complexity index is 549. The highest BCUT2D eigenvalue weighted by molar-refractivity contribution is 7.22. The summed E-state index contributed by atoms with van der Waals surface area (Å²) in [6, 6.07) is 2.21. The van der Waals surface area contributed by atoms with Crippen molar-refractivity contribution in [2.75, 3.05) is 31.1 Å². The lowest BCUT2D eigenvalue weighted by molar-refractivity contribution is 0.586. The van der Waals surface area contributed by atoms with E-state index >= 15 is 0 Å². The number of hydrogen-bond acceptors (Lipinski definition) is 4. The molecule has 3 nitrogen and oxygen atoms in total. The fraction of sp³-hybridized carbons (Fsp3) is 0.364. The molecule has 0 radical (unpaired) electrons. The van der Waals surface area contributed by atoms with Gasteiger partial charge in [-0.2, -0.15) is 0 Å². The summed E-state index contributed by atoms with van der Waals surface area (Å²) in [6.07, 6.45) is 0. The highest BCUT2D eigenvalue weighted by Gasteiger charge is 2.16. The van der Waals surface area contributed by atoms with Crippen LogP contribution in [0.25, 0.3) is 10.2 Å². The highest BCUT2D eigenvalue weighted by Crippen LogP contribution is 2.31. The molecule has 0 atom stereocenters. The number of nitrogens with zero attached hydrogens (tertiary/aromatic N) is 2. The average Bonchev–Trinajstić information content (AvgIpc) is 2.74. The van der Waals surface area contributed by atoms with Crippen LogP contribution < -0.4 is 10.2 Å². The summed E-state index contributed by atoms with van der Waals surface area (Å²) in [6.45, 7) is 3.49. The predicted molar refractivity (Wildman–Crippen MR) is 64.6 cm³/mol. The van der Waals surface area contributed by atoms with E-state index in [2.05, 4.69) is 15.2 Å². The van der Waals surface area contributed by atoms with E-state index in [0.717, 1.165) is 37.4 Å². The van der Waals surface area contributed by atoms with Crippen LogP contribution >= 0.6 is 11.3 Å². The van der Waals surface area contributed by atoms with E-state index in [1.165, 1.54) is 17.4 Å². The quantitative estimate of drug-likeness (QED) is 0.844. The monoisotopic (exact) mass is 255 g/mol. The van der Waals surface area contributed by atoms with Gasteiger partial charge in [-0.3, -0.25) is 0 Å². The van der Waals surface area contributed by atoms with Crippen LogP contribution in [0.2, 0.25) is 0 Å². The topological polar surface area (TPSA) is 28.2 Å². The van der Waals surface area contributed by atoms with Gasteiger partial charge in [0.05, 0.1) is 4.70 Å². The van der Waals surface area contributed by atoms with Crippen molar-refractivity contribution in [1.82, 2.24) is 10.3 Å². The number of piperazine rings is 1. The zero-order chi connectivity index (χ0) is 11.8. The summed E-state index contributed by atoms with van der Waals surface area (Å²) >= 11 is 1.34. The molecular formula is C11H11F2N3S. The van der Waals surface area contributed by atoms with E-state index < -0.39 is 11.6 Å². The Labute approximate surface area is 101 Å². The standard InChI is InChI=1S/C11H11F2N3S/c12-7-5-8(13)10-9(6-7)17-11(15-10)16-3-1-14-2-4-16/h5-6,14H,1-4H2. The molecule has 0 saturated carbocycles. The van der Waals surface area contributed by atoms with E-state index in [0.29, 0.717) is 4.70 Å². The van der Waals surface area contributed by atoms with E-state index in [9.17, 15) is 8.78 Å². The van der Waals surface area contributed by atoms with Crippen molar-refractivity contribution in [3.63, 3.8) is 0 Å². The molecule has 2 aromatic rings. The molecule has 0 bridgehead atoms. The number of anilines is 1. The summed E-state index contributed by atoms with van der Waals surface area (Å²) in [5.74, 6) is -1.14. The van der Waals surface area contributed by atoms with Crippen molar-refractivity contribution < 1.29 is 8.78 Å². The van der Waals surface area contributed by atoms with E-state index in [1.807, 2.05) is 0 Å². The van der Waals surface area contributed by atoms with Crippen molar-refractivity contribution in [3.8, 4) is 0 Å². The fourth-order valence-corrected chi connectivity index (χ4v) is 2.99. The molecule has 0 amide bonds. The van der Waals surface area contributed by atoms with Crippen LogP contribution in [-0.4, -0.2) is 31.2 Å². The van der Waals surface area contributed by atoms with E-state index in [1.54, 1.807) is 0 Å². The van der Waals surface area contributed by atoms with Crippen molar-refractivity contribution in [3.05, 3.63) is 23.8 Å². The van der Waals surface area contributed by atoms with Crippen LogP contribution in [0.3, 0.4) is 0 Å². The van der Waals surface area contributed by atoms with Crippen LogP contribution in [-0.2, 0) is 0 Å². The lowest BCUT2D eigenvalue weighted by Crippen LogP contribution is -2.43. The smallest absolute Gasteiger partial charge is 0.186 e. The summed E-state index contributed by atoms with van der Waals surface area (Å²) in [7, 11) is 0. The molecule has 1 N–H and O–H groups in total. The number of hydrogen-bond donors (Lipinski definition) is 1. The first-order valence-corrected chi connectivity index (χ1v) is 6.27. The molecule has 90 valence electrons. The van der Waals surface area contributed by atoms with Crippen molar-refractivity contribution >= 4 is 26.7 Å². The van der Waals surface area contributed by atoms with Gasteiger partial charge in [0.1, 0.15) is 11.3 Å². The Morgan fingerprint density at radius 2 is 2.00 bits per heavy atom. The number of rotatable bonds is 1. The molecule has 0 aliphatic carbocycles. The Kier molecular flexibility index (Phi) is 2.68. The van der Waals surface area contributed by atoms with Gasteiger partial charge in [0.15, 0.2) is 10.9 Å². The molecular weight excluding hydrogens is 244 g/mol. The van der Waals surface area contributed by atoms with Crippen molar-refractivity contribution in [1.29, 1.82) is 0 Å². The third-order valence-corrected chi connectivity index (χ3v) is 3.85. The zero-order valence-corrected chi connectivity index (χ0v) is 9.86. The fourth-order valence-electron chi connectivity index (χ4n) is 1.94. The number of aromatic nitrogens is 1. The SMILES string of the molecule is Fc1cc(F)c2nc(N3CCNCC3)sc2c1. The summed E-state index contributed by atoms with van der Waals surface area (Å²) in [5, 5.41) is 4.01. The van der Waals surface area contributed by atoms with Crippen LogP contribution in [0, 0.1) is 11.6 Å². The second-order valence-corrected chi connectivity index (χ2v) is 4.98. The molecule has 0 spiro atoms. The third kappa shape index (κ3) is 1.98. The molecule has 1 aliphatic rings. The van der Waals surface area contributed by atoms with Gasteiger partial charge < -0.3 is 10.2 Å².